The fourth-order valence-corrected chi connectivity index (χ4v) is 17.3. The van der Waals surface area contributed by atoms with Crippen LogP contribution in [0.25, 0.3) is 0 Å². The molecule has 590 valence electrons. The molecule has 0 aromatic carbocycles. The normalized spacial score (nSPS) is 31.4. The average Bonchev–Trinajstić information content (AvgIpc) is 1.14. The molecule has 0 radical (unpaired) electrons. The molecule has 104 heavy (non-hydrogen) atoms. The van der Waals surface area contributed by atoms with Gasteiger partial charge in [-0.25, -0.2) is 0 Å². The number of likely N-dealkylation sites (N-methyl/N-ethyl adjacent to an activating group) is 8. The Hall–Kier alpha value is -6.28. The zero-order valence-corrected chi connectivity index (χ0v) is 66.2. The Kier molecular flexibility index (Phi) is 31.7. The van der Waals surface area contributed by atoms with Crippen molar-refractivity contribution < 1.29 is 70.7 Å². The monoisotopic (exact) mass is 1490 g/mol. The molecule has 0 aromatic heterocycles. The van der Waals surface area contributed by atoms with Gasteiger partial charge in [-0.3, -0.25) is 57.5 Å². The molecule has 3 N–H and O–H groups in total. The van der Waals surface area contributed by atoms with E-state index in [9.17, 15) is 46.7 Å². The molecule has 6 fully saturated rings. The SMILES string of the molecule is CC[C@H](C)[C@@H]1NC(=O)[C@H](CC(C)C)N(C)C(=O)C[C@@H](C(=O)N(C)C)N(C)C(=O)[C@H]([C@@H](C)CC)N(C)C(=O)C2(CCCC2)NC(=O)[C@H](CC2CCCCC2)N(C)C(=O)[C@H](CCC2CCC(C(F)(F)F)C(Cl)C2)NC(=O)CN(C)C(=O)[C@H](CC2CCC(C)CC2)N(C)C(=O)[C@@H]2CCN2C(=O)[C@H](C)N(C)C1=O. The summed E-state index contributed by atoms with van der Waals surface area (Å²) in [7, 11) is 13.1. The lowest BCUT2D eigenvalue weighted by Gasteiger charge is -2.45. The first-order chi connectivity index (χ1) is 48.7. The van der Waals surface area contributed by atoms with Gasteiger partial charge < -0.3 is 60.0 Å². The summed E-state index contributed by atoms with van der Waals surface area (Å²) in [6.45, 7) is 14.2. The summed E-state index contributed by atoms with van der Waals surface area (Å²) >= 11 is 6.46. The summed E-state index contributed by atoms with van der Waals surface area (Å²) in [5.41, 5.74) is -1.60. The first-order valence-electron chi connectivity index (χ1n) is 38.7. The number of rotatable bonds is 14. The predicted octanol–water partition coefficient (Wildman–Crippen LogP) is 7.61. The number of alkyl halides is 4. The van der Waals surface area contributed by atoms with E-state index in [1.807, 2.05) is 27.7 Å². The second kappa shape index (κ2) is 38.0. The number of hydrogen-bond donors (Lipinski definition) is 3. The van der Waals surface area contributed by atoms with E-state index in [1.165, 1.54) is 110 Å². The van der Waals surface area contributed by atoms with E-state index in [0.29, 0.717) is 31.6 Å². The van der Waals surface area contributed by atoms with Crippen LogP contribution in [0.3, 0.4) is 0 Å². The van der Waals surface area contributed by atoms with E-state index in [2.05, 4.69) is 22.9 Å². The van der Waals surface area contributed by atoms with Crippen LogP contribution in [-0.2, 0) is 57.5 Å². The molecular formula is C76H126ClF3N12O12. The Bertz CT molecular complexity index is 3010. The van der Waals surface area contributed by atoms with Crippen molar-refractivity contribution in [2.24, 2.45) is 47.3 Å². The fourth-order valence-electron chi connectivity index (χ4n) is 16.8. The van der Waals surface area contributed by atoms with Gasteiger partial charge in [0, 0.05) is 75.4 Å². The number of carbonyl (C=O) groups excluding carboxylic acids is 12. The zero-order valence-electron chi connectivity index (χ0n) is 65.4. The van der Waals surface area contributed by atoms with E-state index < -0.39 is 173 Å². The first kappa shape index (κ1) is 86.6. The first-order valence-corrected chi connectivity index (χ1v) is 39.1. The van der Waals surface area contributed by atoms with E-state index in [1.54, 1.807) is 13.8 Å². The average molecular weight is 1490 g/mol. The molecule has 4 saturated carbocycles. The minimum Gasteiger partial charge on any atom is -0.347 e. The van der Waals surface area contributed by atoms with Crippen LogP contribution < -0.4 is 16.0 Å². The Balaban J connectivity index is 1.47. The number of amides is 12. The van der Waals surface area contributed by atoms with Gasteiger partial charge in [0.05, 0.1) is 18.9 Å². The molecule has 28 heteroatoms. The molecule has 24 nitrogen and oxygen atoms in total. The van der Waals surface area contributed by atoms with Gasteiger partial charge in [0.2, 0.25) is 70.9 Å². The summed E-state index contributed by atoms with van der Waals surface area (Å²) in [6.07, 6.45) is 5.29. The van der Waals surface area contributed by atoms with Crippen LogP contribution in [0.5, 0.6) is 0 Å². The van der Waals surface area contributed by atoms with Crippen molar-refractivity contribution >= 4 is 82.5 Å². The van der Waals surface area contributed by atoms with E-state index >= 15 is 24.0 Å². The largest absolute Gasteiger partial charge is 0.393 e. The Morgan fingerprint density at radius 1 is 0.596 bits per heavy atom. The third kappa shape index (κ3) is 21.3. The lowest BCUT2D eigenvalue weighted by Crippen LogP contribution is -2.65. The zero-order chi connectivity index (χ0) is 77.7. The third-order valence-corrected chi connectivity index (χ3v) is 25.0. The number of carbonyl (C=O) groups is 12. The van der Waals surface area contributed by atoms with Crippen molar-refractivity contribution in [1.82, 2.24) is 60.0 Å². The van der Waals surface area contributed by atoms with Gasteiger partial charge in [0.1, 0.15) is 59.9 Å². The standard InChI is InChI=1S/C76H126ClF3N12O12/c1-18-47(6)63-72(102)86(12)49(8)67(97)92-38-35-56(92)71(101)89(15)59(42-52-29-27-46(5)28-30-52)70(100)85(11)44-61(93)81-55(34-32-51-31-33-53(54(77)40-51)76(78,79)80)68(98)88(14)58(41-50-25-21-20-22-26-50)66(96)83-75(36-23-24-37-75)74(104)91(17)64(48(7)19-2)73(103)90(16)60(69(99)84(9)10)43-62(94)87(13)57(39-45(3)4)65(95)82-63/h45-60,63-64H,18-44H2,1-17H3,(H,81,93)(H,82,95)(H,83,96)/t46?,47-,48-,49-,51?,52?,53?,54?,55-,56-,57-,58-,59-,60-,63-,64-/m0/s1. The van der Waals surface area contributed by atoms with Crippen molar-refractivity contribution in [2.75, 3.05) is 76.5 Å². The molecule has 12 amide bonds. The third-order valence-electron chi connectivity index (χ3n) is 24.6. The number of halogens is 4. The smallest absolute Gasteiger partial charge is 0.347 e. The van der Waals surface area contributed by atoms with Gasteiger partial charge in [0.15, 0.2) is 0 Å². The fraction of sp³-hybridized carbons (Fsp3) is 0.842. The minimum absolute atomic E-state index is 0.00846. The second-order valence-electron chi connectivity index (χ2n) is 32.7. The van der Waals surface area contributed by atoms with Crippen LogP contribution in [0.15, 0.2) is 0 Å². The molecule has 14 atom stereocenters. The van der Waals surface area contributed by atoms with Crippen LogP contribution in [0.4, 0.5) is 13.2 Å². The number of hydrogen-bond acceptors (Lipinski definition) is 12. The van der Waals surface area contributed by atoms with Gasteiger partial charge in [-0.2, -0.15) is 13.2 Å². The van der Waals surface area contributed by atoms with E-state index in [-0.39, 0.29) is 101 Å². The van der Waals surface area contributed by atoms with Crippen LogP contribution in [0, 0.1) is 47.3 Å². The highest BCUT2D eigenvalue weighted by atomic mass is 35.5. The van der Waals surface area contributed by atoms with Crippen LogP contribution in [0.1, 0.15) is 216 Å². The number of nitrogens with zero attached hydrogens (tertiary/aromatic N) is 9. The van der Waals surface area contributed by atoms with Crippen molar-refractivity contribution in [2.45, 2.75) is 287 Å². The lowest BCUT2D eigenvalue weighted by atomic mass is 9.78. The summed E-state index contributed by atoms with van der Waals surface area (Å²) in [4.78, 5) is 193. The predicted molar refractivity (Wildman–Crippen MR) is 390 cm³/mol. The molecule has 6 rings (SSSR count). The number of fused-ring (bicyclic) bond motifs is 1. The maximum absolute atomic E-state index is 15.7. The Morgan fingerprint density at radius 3 is 1.72 bits per heavy atom. The van der Waals surface area contributed by atoms with Crippen molar-refractivity contribution in [3.8, 4) is 0 Å². The molecule has 2 saturated heterocycles. The van der Waals surface area contributed by atoms with Gasteiger partial charge in [-0.1, -0.05) is 132 Å². The van der Waals surface area contributed by atoms with Gasteiger partial charge in [-0.15, -0.1) is 11.6 Å². The van der Waals surface area contributed by atoms with Crippen molar-refractivity contribution in [1.29, 1.82) is 0 Å². The highest BCUT2D eigenvalue weighted by molar-refractivity contribution is 6.21. The van der Waals surface area contributed by atoms with Gasteiger partial charge in [0.25, 0.3) is 0 Å². The maximum Gasteiger partial charge on any atom is 0.393 e. The number of nitrogens with one attached hydrogen (secondary N) is 3. The molecule has 4 aliphatic carbocycles. The minimum atomic E-state index is -4.52. The van der Waals surface area contributed by atoms with E-state index in [0.717, 1.165) is 62.7 Å². The topological polar surface area (TPSA) is 270 Å². The van der Waals surface area contributed by atoms with Crippen molar-refractivity contribution in [3.05, 3.63) is 0 Å². The lowest BCUT2D eigenvalue weighted by molar-refractivity contribution is -0.182. The quantitative estimate of drug-likeness (QED) is 0.142. The summed E-state index contributed by atoms with van der Waals surface area (Å²) in [5.74, 6) is -10.6. The summed E-state index contributed by atoms with van der Waals surface area (Å²) < 4.78 is 42.4. The van der Waals surface area contributed by atoms with Crippen LogP contribution in [-0.4, -0.2) is 263 Å². The van der Waals surface area contributed by atoms with Crippen LogP contribution in [0.2, 0.25) is 0 Å². The molecule has 2 aliphatic heterocycles. The summed E-state index contributed by atoms with van der Waals surface area (Å²) in [6, 6.07) is -11.1. The van der Waals surface area contributed by atoms with Crippen molar-refractivity contribution in [3.63, 3.8) is 0 Å². The van der Waals surface area contributed by atoms with Gasteiger partial charge >= 0.3 is 6.18 Å². The summed E-state index contributed by atoms with van der Waals surface area (Å²) in [5, 5.41) is 7.72. The molecule has 0 aromatic rings. The molecule has 0 bridgehead atoms. The Morgan fingerprint density at radius 2 is 1.17 bits per heavy atom. The molecular weight excluding hydrogens is 1370 g/mol. The highest BCUT2D eigenvalue weighted by Gasteiger charge is 2.52. The molecule has 1 spiro atoms. The maximum atomic E-state index is 15.7. The van der Waals surface area contributed by atoms with Crippen LogP contribution >= 0.6 is 11.6 Å². The van der Waals surface area contributed by atoms with Gasteiger partial charge in [-0.05, 0) is 119 Å². The molecule has 6 aliphatic rings. The Labute approximate surface area is 621 Å². The highest BCUT2D eigenvalue weighted by Crippen LogP contribution is 2.44. The molecule has 2 heterocycles. The van der Waals surface area contributed by atoms with E-state index in [4.69, 9.17) is 11.6 Å². The molecule has 3 unspecified atom stereocenters. The second-order valence-corrected chi connectivity index (χ2v) is 33.2.